The Morgan fingerprint density at radius 2 is 0.622 bits per heavy atom. The Morgan fingerprint density at radius 3 is 1.12 bits per heavy atom. The lowest BCUT2D eigenvalue weighted by Crippen LogP contribution is -1.94. The van der Waals surface area contributed by atoms with Crippen molar-refractivity contribution in [2.45, 2.75) is 0 Å². The smallest absolute Gasteiger partial charge is 0.135 e. The largest absolute Gasteiger partial charge is 0.456 e. The summed E-state index contributed by atoms with van der Waals surface area (Å²) in [6.07, 6.45) is 0. The molecule has 0 unspecified atom stereocenters. The molecule has 0 amide bonds. The fourth-order valence-corrected chi connectivity index (χ4v) is 15.7. The molecule has 0 bridgehead atoms. The second kappa shape index (κ2) is 19.9. The van der Waals surface area contributed by atoms with Crippen LogP contribution in [0.5, 0.6) is 0 Å². The molecule has 420 valence electrons. The van der Waals surface area contributed by atoms with Gasteiger partial charge in [0, 0.05) is 91.1 Å². The van der Waals surface area contributed by atoms with Gasteiger partial charge in [0.2, 0.25) is 0 Å². The van der Waals surface area contributed by atoms with Crippen molar-refractivity contribution in [3.63, 3.8) is 0 Å². The summed E-state index contributed by atoms with van der Waals surface area (Å²) in [4.78, 5) is 0. The molecule has 0 aliphatic rings. The van der Waals surface area contributed by atoms with E-state index < -0.39 is 0 Å². The normalized spacial score (nSPS) is 12.2. The molecule has 6 aromatic heterocycles. The molecule has 5 nitrogen and oxygen atoms in total. The fourth-order valence-electron chi connectivity index (χ4n) is 14.6. The zero-order valence-electron chi connectivity index (χ0n) is 49.6. The molecule has 6 heterocycles. The molecule has 0 aliphatic carbocycles. The second-order valence-corrected chi connectivity index (χ2v) is 24.5. The summed E-state index contributed by atoms with van der Waals surface area (Å²) in [5.41, 5.74) is 20.3. The number of benzene rings is 14. The molecule has 20 rings (SSSR count). The van der Waals surface area contributed by atoms with E-state index >= 15 is 0 Å². The number of nitrogens with zero attached hydrogens (tertiary/aromatic N) is 4. The highest BCUT2D eigenvalue weighted by Crippen LogP contribution is 2.44. The minimum atomic E-state index is 0.384. The Balaban J connectivity index is 0.000000131. The van der Waals surface area contributed by atoms with E-state index in [1.807, 2.05) is 35.6 Å². The van der Waals surface area contributed by atoms with Crippen molar-refractivity contribution in [1.82, 2.24) is 18.3 Å². The predicted octanol–water partition coefficient (Wildman–Crippen LogP) is 23.4. The molecular weight excluding hydrogens is 1110 g/mol. The van der Waals surface area contributed by atoms with Gasteiger partial charge in [-0.15, -0.1) is 11.3 Å². The number of aromatic nitrogens is 4. The maximum atomic E-state index is 8.87. The van der Waals surface area contributed by atoms with E-state index in [1.165, 1.54) is 130 Å². The second-order valence-electron chi connectivity index (χ2n) is 23.5. The quantitative estimate of drug-likeness (QED) is 0.163. The lowest BCUT2D eigenvalue weighted by Gasteiger charge is -2.11. The molecule has 14 aromatic carbocycles. The summed E-state index contributed by atoms with van der Waals surface area (Å²) < 4.78 is 27.1. The highest BCUT2D eigenvalue weighted by atomic mass is 32.1. The standard InChI is InChI=1S/C42H26N2O.C42H26N2S/c1-2-10-29(11-3-1)43-37-15-7-4-12-31(37)34-24-27(18-21-39(34)43)28-19-22-40-35(25-28)32-13-5-8-16-38(32)44(40)30-20-23-42-36(26-30)33-14-6-9-17-41(33)45-42;1-2-11-29(12-3-1)43-35-16-7-4-13-30(35)33-25-27(21-23-37(33)43)28-22-24-38-34(26-28)31-14-5-8-17-36(31)44(38)39-18-10-20-41-42(39)32-15-6-9-19-40(32)45-41/h2*1-26H/i23D;. The van der Waals surface area contributed by atoms with Gasteiger partial charge in [0.1, 0.15) is 11.2 Å². The number of para-hydroxylation sites is 7. The topological polar surface area (TPSA) is 32.9 Å². The van der Waals surface area contributed by atoms with Crippen molar-refractivity contribution < 1.29 is 5.79 Å². The molecule has 0 saturated carbocycles. The molecule has 0 radical (unpaired) electrons. The highest BCUT2D eigenvalue weighted by molar-refractivity contribution is 7.25. The van der Waals surface area contributed by atoms with Crippen molar-refractivity contribution in [1.29, 1.82) is 0 Å². The number of hydrogen-bond acceptors (Lipinski definition) is 2. The van der Waals surface area contributed by atoms with Gasteiger partial charge in [-0.3, -0.25) is 0 Å². The number of furan rings is 1. The van der Waals surface area contributed by atoms with Gasteiger partial charge in [-0.25, -0.2) is 0 Å². The Labute approximate surface area is 522 Å². The predicted molar refractivity (Wildman–Crippen MR) is 381 cm³/mol. The first kappa shape index (κ1) is 49.4. The first-order chi connectivity index (χ1) is 45.1. The zero-order valence-corrected chi connectivity index (χ0v) is 49.4. The van der Waals surface area contributed by atoms with Crippen LogP contribution in [0.2, 0.25) is 0 Å². The average molecular weight is 1170 g/mol. The van der Waals surface area contributed by atoms with Gasteiger partial charge in [-0.2, -0.15) is 0 Å². The molecule has 0 fully saturated rings. The summed E-state index contributed by atoms with van der Waals surface area (Å²) in [7, 11) is 0. The van der Waals surface area contributed by atoms with E-state index in [-0.39, 0.29) is 0 Å². The number of fused-ring (bicyclic) bond motifs is 18. The molecule has 0 N–H and O–H groups in total. The van der Waals surface area contributed by atoms with E-state index in [9.17, 15) is 0 Å². The van der Waals surface area contributed by atoms with Crippen molar-refractivity contribution in [2.24, 2.45) is 0 Å². The van der Waals surface area contributed by atoms with Crippen LogP contribution in [0.4, 0.5) is 0 Å². The lowest BCUT2D eigenvalue weighted by molar-refractivity contribution is 0.669. The minimum Gasteiger partial charge on any atom is -0.456 e. The molecule has 20 aromatic rings. The average Bonchev–Trinajstić information content (AvgIpc) is 1.66. The van der Waals surface area contributed by atoms with Gasteiger partial charge in [0.05, 0.1) is 51.2 Å². The first-order valence-electron chi connectivity index (χ1n) is 31.1. The van der Waals surface area contributed by atoms with Crippen LogP contribution in [-0.2, 0) is 0 Å². The third-order valence-electron chi connectivity index (χ3n) is 18.5. The van der Waals surface area contributed by atoms with Crippen LogP contribution in [-0.4, -0.2) is 18.3 Å². The summed E-state index contributed by atoms with van der Waals surface area (Å²) in [5.74, 6) is 0. The maximum Gasteiger partial charge on any atom is 0.135 e. The van der Waals surface area contributed by atoms with E-state index in [4.69, 9.17) is 5.79 Å². The fraction of sp³-hybridized carbons (Fsp3) is 0. The summed E-state index contributed by atoms with van der Waals surface area (Å²) in [6, 6.07) is 112. The summed E-state index contributed by atoms with van der Waals surface area (Å²) >= 11 is 1.87. The van der Waals surface area contributed by atoms with Gasteiger partial charge in [-0.05, 0) is 162 Å². The monoisotopic (exact) mass is 1170 g/mol. The van der Waals surface area contributed by atoms with E-state index in [0.717, 1.165) is 38.8 Å². The van der Waals surface area contributed by atoms with Crippen LogP contribution in [0.3, 0.4) is 0 Å². The number of hydrogen-bond donors (Lipinski definition) is 0. The SMILES string of the molecule is [2H]c1cc(-n2c3ccccc3c3cc(-c4ccc5c(c4)c4ccccc4n5-c4ccccc4)ccc32)cc2c1oc1ccccc12.c1ccc(-n2c3ccccc3c3cc(-c4ccc5c(c4)c4ccccc4n5-c4cccc5sc6ccccc6c45)ccc32)cc1. The molecule has 0 atom stereocenters. The third-order valence-corrected chi connectivity index (χ3v) is 19.7. The first-order valence-corrected chi connectivity index (χ1v) is 31.5. The van der Waals surface area contributed by atoms with Gasteiger partial charge >= 0.3 is 0 Å². The van der Waals surface area contributed by atoms with Crippen molar-refractivity contribution >= 4 is 141 Å². The molecule has 6 heteroatoms. The Kier molecular flexibility index (Phi) is 10.9. The molecular formula is C84H52N4OS. The van der Waals surface area contributed by atoms with E-state index in [2.05, 4.69) is 303 Å². The van der Waals surface area contributed by atoms with E-state index in [1.54, 1.807) is 0 Å². The Bertz CT molecular complexity index is 6360. The van der Waals surface area contributed by atoms with Crippen molar-refractivity contribution in [3.8, 4) is 45.0 Å². The Hall–Kier alpha value is -11.7. The lowest BCUT2D eigenvalue weighted by atomic mass is 10.0. The van der Waals surface area contributed by atoms with Gasteiger partial charge < -0.3 is 22.7 Å². The number of rotatable bonds is 6. The van der Waals surface area contributed by atoms with Crippen LogP contribution < -0.4 is 0 Å². The summed E-state index contributed by atoms with van der Waals surface area (Å²) in [6.45, 7) is 0. The minimum absolute atomic E-state index is 0.384. The van der Waals surface area contributed by atoms with Crippen LogP contribution >= 0.6 is 11.3 Å². The van der Waals surface area contributed by atoms with Crippen molar-refractivity contribution in [2.75, 3.05) is 0 Å². The third kappa shape index (κ3) is 7.68. The molecule has 0 spiro atoms. The van der Waals surface area contributed by atoms with Crippen molar-refractivity contribution in [3.05, 3.63) is 315 Å². The number of thiophene rings is 1. The van der Waals surface area contributed by atoms with Crippen LogP contribution in [0.15, 0.2) is 320 Å². The molecule has 0 aliphatic heterocycles. The maximum absolute atomic E-state index is 8.87. The van der Waals surface area contributed by atoms with Crippen LogP contribution in [0.25, 0.3) is 174 Å². The summed E-state index contributed by atoms with van der Waals surface area (Å²) in [5, 5.41) is 14.6. The molecule has 90 heavy (non-hydrogen) atoms. The van der Waals surface area contributed by atoms with E-state index in [0.29, 0.717) is 11.6 Å². The van der Waals surface area contributed by atoms with Gasteiger partial charge in [0.15, 0.2) is 0 Å². The zero-order chi connectivity index (χ0) is 59.8. The van der Waals surface area contributed by atoms with Gasteiger partial charge in [-0.1, -0.05) is 176 Å². The van der Waals surface area contributed by atoms with Crippen LogP contribution in [0, 0.1) is 0 Å². The Morgan fingerprint density at radius 1 is 0.244 bits per heavy atom. The van der Waals surface area contributed by atoms with Gasteiger partial charge in [0.25, 0.3) is 0 Å². The highest BCUT2D eigenvalue weighted by Gasteiger charge is 2.21. The molecule has 0 saturated heterocycles. The van der Waals surface area contributed by atoms with Crippen LogP contribution in [0.1, 0.15) is 1.37 Å².